The molecule has 0 saturated carbocycles. The molecular weight excluding hydrogens is 250 g/mol. The molecule has 3 nitrogen and oxygen atoms in total. The molecule has 0 aliphatic rings. The van der Waals surface area contributed by atoms with Gasteiger partial charge in [-0.1, -0.05) is 48.0 Å². The van der Waals surface area contributed by atoms with E-state index in [4.69, 9.17) is 4.74 Å². The molecule has 0 radical (unpaired) electrons. The first-order chi connectivity index (χ1) is 9.70. The van der Waals surface area contributed by atoms with Crippen LogP contribution in [0.4, 0.5) is 5.69 Å². The van der Waals surface area contributed by atoms with E-state index in [2.05, 4.69) is 0 Å². The topological polar surface area (TPSA) is 29.5 Å². The van der Waals surface area contributed by atoms with Crippen LogP contribution in [0, 0.1) is 6.92 Å². The molecule has 104 valence electrons. The Balaban J connectivity index is 2.25. The normalized spacial score (nSPS) is 10.3. The zero-order valence-corrected chi connectivity index (χ0v) is 11.9. The van der Waals surface area contributed by atoms with E-state index in [1.165, 1.54) is 12.7 Å². The molecular formula is C17H19NO2. The molecule has 0 unspecified atom stereocenters. The minimum atomic E-state index is -0.0415. The highest BCUT2D eigenvalue weighted by Crippen LogP contribution is 2.18. The first-order valence-corrected chi connectivity index (χ1v) is 6.60. The predicted octanol–water partition coefficient (Wildman–Crippen LogP) is 3.17. The van der Waals surface area contributed by atoms with Gasteiger partial charge >= 0.3 is 0 Å². The smallest absolute Gasteiger partial charge is 0.253 e. The Kier molecular flexibility index (Phi) is 4.91. The molecule has 0 aliphatic heterocycles. The SMILES string of the molecule is COCC(=O)N(Cc1ccccc1)c1ccc(C)cc1. The molecule has 2 aromatic carbocycles. The summed E-state index contributed by atoms with van der Waals surface area (Å²) in [7, 11) is 1.54. The maximum atomic E-state index is 12.2. The molecule has 2 rings (SSSR count). The molecule has 1 amide bonds. The Morgan fingerprint density at radius 3 is 2.30 bits per heavy atom. The van der Waals surface area contributed by atoms with Crippen molar-refractivity contribution in [1.29, 1.82) is 0 Å². The van der Waals surface area contributed by atoms with Gasteiger partial charge in [-0.2, -0.15) is 0 Å². The molecule has 0 N–H and O–H groups in total. The van der Waals surface area contributed by atoms with Crippen LogP contribution in [-0.4, -0.2) is 19.6 Å². The van der Waals surface area contributed by atoms with Crippen molar-refractivity contribution in [2.24, 2.45) is 0 Å². The highest BCUT2D eigenvalue weighted by Gasteiger charge is 2.15. The van der Waals surface area contributed by atoms with Crippen molar-refractivity contribution in [3.63, 3.8) is 0 Å². The lowest BCUT2D eigenvalue weighted by molar-refractivity contribution is -0.122. The Morgan fingerprint density at radius 2 is 1.70 bits per heavy atom. The van der Waals surface area contributed by atoms with Crippen molar-refractivity contribution < 1.29 is 9.53 Å². The van der Waals surface area contributed by atoms with Gasteiger partial charge in [-0.25, -0.2) is 0 Å². The first-order valence-electron chi connectivity index (χ1n) is 6.60. The van der Waals surface area contributed by atoms with E-state index in [0.29, 0.717) is 6.54 Å². The molecule has 0 aliphatic carbocycles. The highest BCUT2D eigenvalue weighted by molar-refractivity contribution is 5.94. The predicted molar refractivity (Wildman–Crippen MR) is 80.7 cm³/mol. The van der Waals surface area contributed by atoms with Gasteiger partial charge in [0, 0.05) is 12.8 Å². The molecule has 0 bridgehead atoms. The fourth-order valence-electron chi connectivity index (χ4n) is 2.02. The summed E-state index contributed by atoms with van der Waals surface area (Å²) in [6, 6.07) is 17.9. The van der Waals surface area contributed by atoms with Crippen LogP contribution in [0.15, 0.2) is 54.6 Å². The van der Waals surface area contributed by atoms with Crippen molar-refractivity contribution in [2.45, 2.75) is 13.5 Å². The van der Waals surface area contributed by atoms with Gasteiger partial charge in [0.15, 0.2) is 0 Å². The highest BCUT2D eigenvalue weighted by atomic mass is 16.5. The van der Waals surface area contributed by atoms with Crippen LogP contribution in [0.5, 0.6) is 0 Å². The zero-order valence-electron chi connectivity index (χ0n) is 11.9. The molecule has 0 aromatic heterocycles. The van der Waals surface area contributed by atoms with Crippen molar-refractivity contribution in [2.75, 3.05) is 18.6 Å². The summed E-state index contributed by atoms with van der Waals surface area (Å²) < 4.78 is 4.98. The van der Waals surface area contributed by atoms with Gasteiger partial charge in [-0.05, 0) is 24.6 Å². The number of rotatable bonds is 5. The molecule has 0 atom stereocenters. The Morgan fingerprint density at radius 1 is 1.05 bits per heavy atom. The molecule has 2 aromatic rings. The quantitative estimate of drug-likeness (QED) is 0.834. The van der Waals surface area contributed by atoms with Gasteiger partial charge in [0.2, 0.25) is 0 Å². The Hall–Kier alpha value is -2.13. The van der Waals surface area contributed by atoms with Crippen molar-refractivity contribution >= 4 is 11.6 Å². The molecule has 0 heterocycles. The molecule has 0 fully saturated rings. The van der Waals surface area contributed by atoms with Gasteiger partial charge in [-0.15, -0.1) is 0 Å². The number of nitrogens with zero attached hydrogens (tertiary/aromatic N) is 1. The van der Waals surface area contributed by atoms with Crippen molar-refractivity contribution in [3.05, 3.63) is 65.7 Å². The monoisotopic (exact) mass is 269 g/mol. The zero-order chi connectivity index (χ0) is 14.4. The van der Waals surface area contributed by atoms with Gasteiger partial charge in [-0.3, -0.25) is 4.79 Å². The number of hydrogen-bond donors (Lipinski definition) is 0. The Bertz CT molecular complexity index is 549. The maximum Gasteiger partial charge on any atom is 0.253 e. The fourth-order valence-corrected chi connectivity index (χ4v) is 2.02. The van der Waals surface area contributed by atoms with Crippen molar-refractivity contribution in [1.82, 2.24) is 0 Å². The third kappa shape index (κ3) is 3.68. The van der Waals surface area contributed by atoms with Crippen LogP contribution in [0.1, 0.15) is 11.1 Å². The third-order valence-electron chi connectivity index (χ3n) is 3.10. The number of anilines is 1. The second-order valence-electron chi connectivity index (χ2n) is 4.73. The third-order valence-corrected chi connectivity index (χ3v) is 3.10. The summed E-state index contributed by atoms with van der Waals surface area (Å²) in [5.74, 6) is -0.0415. The summed E-state index contributed by atoms with van der Waals surface area (Å²) in [5.41, 5.74) is 3.16. The maximum absolute atomic E-state index is 12.2. The van der Waals surface area contributed by atoms with E-state index < -0.39 is 0 Å². The van der Waals surface area contributed by atoms with Gasteiger partial charge < -0.3 is 9.64 Å². The Labute approximate surface area is 119 Å². The summed E-state index contributed by atoms with van der Waals surface area (Å²) in [6.07, 6.45) is 0. The van der Waals surface area contributed by atoms with Gasteiger partial charge in [0.25, 0.3) is 5.91 Å². The molecule has 0 saturated heterocycles. The van der Waals surface area contributed by atoms with Crippen LogP contribution in [-0.2, 0) is 16.1 Å². The lowest BCUT2D eigenvalue weighted by Crippen LogP contribution is -2.33. The number of ether oxygens (including phenoxy) is 1. The van der Waals surface area contributed by atoms with E-state index >= 15 is 0 Å². The molecule has 3 heteroatoms. The first kappa shape index (κ1) is 14.3. The summed E-state index contributed by atoms with van der Waals surface area (Å²) in [6.45, 7) is 2.66. The van der Waals surface area contributed by atoms with Gasteiger partial charge in [0.1, 0.15) is 6.61 Å². The van der Waals surface area contributed by atoms with E-state index in [9.17, 15) is 4.79 Å². The van der Waals surface area contributed by atoms with Crippen LogP contribution < -0.4 is 4.90 Å². The number of amides is 1. The average molecular weight is 269 g/mol. The van der Waals surface area contributed by atoms with E-state index in [-0.39, 0.29) is 12.5 Å². The van der Waals surface area contributed by atoms with E-state index in [1.807, 2.05) is 61.5 Å². The van der Waals surface area contributed by atoms with E-state index in [0.717, 1.165) is 11.3 Å². The number of benzene rings is 2. The van der Waals surface area contributed by atoms with Gasteiger partial charge in [0.05, 0.1) is 6.54 Å². The molecule has 20 heavy (non-hydrogen) atoms. The summed E-state index contributed by atoms with van der Waals surface area (Å²) in [5, 5.41) is 0. The van der Waals surface area contributed by atoms with Crippen molar-refractivity contribution in [3.8, 4) is 0 Å². The number of carbonyl (C=O) groups is 1. The minimum absolute atomic E-state index is 0.0415. The fraction of sp³-hybridized carbons (Fsp3) is 0.235. The lowest BCUT2D eigenvalue weighted by atomic mass is 10.1. The summed E-state index contributed by atoms with van der Waals surface area (Å²) >= 11 is 0. The standard InChI is InChI=1S/C17H19NO2/c1-14-8-10-16(11-9-14)18(17(19)13-20-2)12-15-6-4-3-5-7-15/h3-11H,12-13H2,1-2H3. The summed E-state index contributed by atoms with van der Waals surface area (Å²) in [4.78, 5) is 14.0. The second kappa shape index (κ2) is 6.87. The number of carbonyl (C=O) groups excluding carboxylic acids is 1. The van der Waals surface area contributed by atoms with Crippen LogP contribution in [0.25, 0.3) is 0 Å². The van der Waals surface area contributed by atoms with E-state index in [1.54, 1.807) is 4.90 Å². The minimum Gasteiger partial charge on any atom is -0.375 e. The van der Waals surface area contributed by atoms with Crippen LogP contribution in [0.2, 0.25) is 0 Å². The molecule has 0 spiro atoms. The number of hydrogen-bond acceptors (Lipinski definition) is 2. The largest absolute Gasteiger partial charge is 0.375 e. The number of aryl methyl sites for hydroxylation is 1. The lowest BCUT2D eigenvalue weighted by Gasteiger charge is -2.23. The number of methoxy groups -OCH3 is 1. The second-order valence-corrected chi connectivity index (χ2v) is 4.73. The average Bonchev–Trinajstić information content (AvgIpc) is 2.47. The van der Waals surface area contributed by atoms with Crippen LogP contribution >= 0.6 is 0 Å². The van der Waals surface area contributed by atoms with Crippen LogP contribution in [0.3, 0.4) is 0 Å².